The molecule has 9 heteroatoms. The number of para-hydroxylation sites is 1. The van der Waals surface area contributed by atoms with Crippen LogP contribution in [0.1, 0.15) is 11.3 Å². The zero-order valence-electron chi connectivity index (χ0n) is 16.9. The number of aromatic nitrogens is 1. The maximum Gasteiger partial charge on any atom is 0.431 e. The van der Waals surface area contributed by atoms with Crippen molar-refractivity contribution in [1.82, 2.24) is 9.88 Å². The minimum absolute atomic E-state index is 0.00209. The molecule has 0 fully saturated rings. The van der Waals surface area contributed by atoms with Gasteiger partial charge in [-0.3, -0.25) is 4.79 Å². The number of hydrogen-bond donors (Lipinski definition) is 2. The maximum absolute atomic E-state index is 13.4. The van der Waals surface area contributed by atoms with Crippen molar-refractivity contribution in [1.29, 1.82) is 0 Å². The van der Waals surface area contributed by atoms with E-state index in [1.807, 2.05) is 0 Å². The standard InChI is InChI=1S/C22H21F3N2O4/c1-30-18-12-14(11-17(28)21(18)31-2)7-8-20(29)26-9-10-27-16-6-4-3-5-15(16)13-19(27)22(23,24)25/h3-8,11-13,28H,9-10H2,1-2H3,(H,26,29)/b8-7+. The predicted molar refractivity (Wildman–Crippen MR) is 110 cm³/mol. The van der Waals surface area contributed by atoms with Gasteiger partial charge in [0, 0.05) is 30.1 Å². The average molecular weight is 434 g/mol. The lowest BCUT2D eigenvalue weighted by Crippen LogP contribution is -2.26. The number of nitrogens with one attached hydrogen (secondary N) is 1. The van der Waals surface area contributed by atoms with Gasteiger partial charge in [-0.1, -0.05) is 18.2 Å². The van der Waals surface area contributed by atoms with Gasteiger partial charge in [-0.2, -0.15) is 13.2 Å². The highest BCUT2D eigenvalue weighted by Gasteiger charge is 2.35. The van der Waals surface area contributed by atoms with Crippen LogP contribution < -0.4 is 14.8 Å². The van der Waals surface area contributed by atoms with Crippen molar-refractivity contribution in [3.63, 3.8) is 0 Å². The topological polar surface area (TPSA) is 72.7 Å². The number of nitrogens with zero attached hydrogens (tertiary/aromatic N) is 1. The summed E-state index contributed by atoms with van der Waals surface area (Å²) in [4.78, 5) is 12.1. The summed E-state index contributed by atoms with van der Waals surface area (Å²) >= 11 is 0. The molecule has 0 unspecified atom stereocenters. The van der Waals surface area contributed by atoms with Crippen LogP contribution in [0.15, 0.2) is 48.5 Å². The molecule has 0 aliphatic heterocycles. The third-order valence-corrected chi connectivity index (χ3v) is 4.64. The fourth-order valence-corrected chi connectivity index (χ4v) is 3.27. The molecule has 0 atom stereocenters. The molecule has 3 rings (SSSR count). The largest absolute Gasteiger partial charge is 0.504 e. The summed E-state index contributed by atoms with van der Waals surface area (Å²) in [5, 5.41) is 13.0. The Hall–Kier alpha value is -3.62. The number of fused-ring (bicyclic) bond motifs is 1. The van der Waals surface area contributed by atoms with Gasteiger partial charge in [-0.25, -0.2) is 0 Å². The van der Waals surface area contributed by atoms with Gasteiger partial charge in [0.2, 0.25) is 11.7 Å². The second-order valence-corrected chi connectivity index (χ2v) is 6.64. The summed E-state index contributed by atoms with van der Waals surface area (Å²) in [5.74, 6) is -0.175. The van der Waals surface area contributed by atoms with Crippen LogP contribution in [-0.2, 0) is 17.5 Å². The van der Waals surface area contributed by atoms with E-state index in [2.05, 4.69) is 5.32 Å². The first-order valence-electron chi connectivity index (χ1n) is 9.31. The number of phenolic OH excluding ortho intramolecular Hbond substituents is 1. The first-order valence-corrected chi connectivity index (χ1v) is 9.31. The Balaban J connectivity index is 1.68. The minimum Gasteiger partial charge on any atom is -0.504 e. The monoisotopic (exact) mass is 434 g/mol. The highest BCUT2D eigenvalue weighted by molar-refractivity contribution is 5.92. The summed E-state index contributed by atoms with van der Waals surface area (Å²) in [7, 11) is 2.80. The van der Waals surface area contributed by atoms with E-state index in [1.54, 1.807) is 30.3 Å². The zero-order chi connectivity index (χ0) is 22.6. The maximum atomic E-state index is 13.4. The van der Waals surface area contributed by atoms with Crippen LogP contribution in [0.4, 0.5) is 13.2 Å². The summed E-state index contributed by atoms with van der Waals surface area (Å²) < 4.78 is 51.4. The third-order valence-electron chi connectivity index (χ3n) is 4.64. The Morgan fingerprint density at radius 3 is 2.58 bits per heavy atom. The molecule has 0 spiro atoms. The van der Waals surface area contributed by atoms with Gasteiger partial charge in [0.05, 0.1) is 14.2 Å². The van der Waals surface area contributed by atoms with E-state index < -0.39 is 17.8 Å². The highest BCUT2D eigenvalue weighted by atomic mass is 19.4. The first-order chi connectivity index (χ1) is 14.7. The molecular weight excluding hydrogens is 413 g/mol. The van der Waals surface area contributed by atoms with Gasteiger partial charge >= 0.3 is 6.18 Å². The fraction of sp³-hybridized carbons (Fsp3) is 0.227. The number of methoxy groups -OCH3 is 2. The molecule has 1 heterocycles. The summed E-state index contributed by atoms with van der Waals surface area (Å²) in [6, 6.07) is 10.6. The summed E-state index contributed by atoms with van der Waals surface area (Å²) in [6.45, 7) is -0.0405. The fourth-order valence-electron chi connectivity index (χ4n) is 3.27. The number of phenols is 1. The molecule has 2 aromatic carbocycles. The SMILES string of the molecule is COc1cc(/C=C/C(=O)NCCn2c(C(F)(F)F)cc3ccccc32)cc(O)c1OC. The van der Waals surface area contributed by atoms with Crippen LogP contribution in [0.3, 0.4) is 0 Å². The molecule has 0 saturated carbocycles. The Morgan fingerprint density at radius 1 is 1.16 bits per heavy atom. The molecule has 0 aliphatic rings. The van der Waals surface area contributed by atoms with Crippen molar-refractivity contribution >= 4 is 22.9 Å². The Kier molecular flexibility index (Phi) is 6.43. The second kappa shape index (κ2) is 9.03. The molecule has 2 N–H and O–H groups in total. The van der Waals surface area contributed by atoms with E-state index in [4.69, 9.17) is 9.47 Å². The number of amides is 1. The van der Waals surface area contributed by atoms with Gasteiger partial charge < -0.3 is 24.5 Å². The predicted octanol–water partition coefficient (Wildman–Crippen LogP) is 4.21. The Morgan fingerprint density at radius 2 is 1.90 bits per heavy atom. The van der Waals surface area contributed by atoms with Gasteiger partial charge in [0.1, 0.15) is 5.69 Å². The van der Waals surface area contributed by atoms with Crippen molar-refractivity contribution in [2.75, 3.05) is 20.8 Å². The van der Waals surface area contributed by atoms with Crippen LogP contribution >= 0.6 is 0 Å². The summed E-state index contributed by atoms with van der Waals surface area (Å²) in [6.07, 6.45) is -1.83. The van der Waals surface area contributed by atoms with Crippen LogP contribution in [0.2, 0.25) is 0 Å². The lowest BCUT2D eigenvalue weighted by atomic mass is 10.1. The molecule has 0 radical (unpaired) electrons. The van der Waals surface area contributed by atoms with Gasteiger partial charge in [0.15, 0.2) is 11.5 Å². The summed E-state index contributed by atoms with van der Waals surface area (Å²) in [5.41, 5.74) is 0.167. The number of carbonyl (C=O) groups is 1. The van der Waals surface area contributed by atoms with Crippen molar-refractivity contribution < 1.29 is 32.5 Å². The van der Waals surface area contributed by atoms with Gasteiger partial charge in [-0.05, 0) is 35.9 Å². The molecule has 0 saturated heterocycles. The quantitative estimate of drug-likeness (QED) is 0.547. The smallest absolute Gasteiger partial charge is 0.431 e. The molecule has 31 heavy (non-hydrogen) atoms. The number of ether oxygens (including phenoxy) is 2. The van der Waals surface area contributed by atoms with Gasteiger partial charge in [-0.15, -0.1) is 0 Å². The zero-order valence-corrected chi connectivity index (χ0v) is 16.9. The number of carbonyl (C=O) groups excluding carboxylic acids is 1. The van der Waals surface area contributed by atoms with E-state index in [9.17, 15) is 23.1 Å². The molecule has 1 amide bonds. The molecule has 1 aromatic heterocycles. The Labute approximate surface area is 176 Å². The highest BCUT2D eigenvalue weighted by Crippen LogP contribution is 2.37. The number of benzene rings is 2. The molecule has 0 aliphatic carbocycles. The minimum atomic E-state index is -4.50. The number of halogens is 3. The third kappa shape index (κ3) is 4.93. The molecule has 6 nitrogen and oxygen atoms in total. The second-order valence-electron chi connectivity index (χ2n) is 6.64. The molecule has 3 aromatic rings. The van der Waals surface area contributed by atoms with E-state index in [1.165, 1.54) is 32.4 Å². The number of rotatable bonds is 7. The lowest BCUT2D eigenvalue weighted by molar-refractivity contribution is -0.143. The van der Waals surface area contributed by atoms with Crippen LogP contribution in [0.5, 0.6) is 17.2 Å². The number of aromatic hydroxyl groups is 1. The Bertz CT molecular complexity index is 1120. The molecular formula is C22H21F3N2O4. The normalized spacial score (nSPS) is 11.8. The van der Waals surface area contributed by atoms with E-state index in [0.717, 1.165) is 10.6 Å². The van der Waals surface area contributed by atoms with Crippen molar-refractivity contribution in [3.05, 3.63) is 59.8 Å². The van der Waals surface area contributed by atoms with E-state index in [0.29, 0.717) is 22.2 Å². The first kappa shape index (κ1) is 22.1. The van der Waals surface area contributed by atoms with Crippen molar-refractivity contribution in [2.24, 2.45) is 0 Å². The van der Waals surface area contributed by atoms with Crippen LogP contribution in [-0.4, -0.2) is 36.3 Å². The van der Waals surface area contributed by atoms with Gasteiger partial charge in [0.25, 0.3) is 0 Å². The van der Waals surface area contributed by atoms with E-state index in [-0.39, 0.29) is 24.6 Å². The van der Waals surface area contributed by atoms with E-state index >= 15 is 0 Å². The van der Waals surface area contributed by atoms with Crippen molar-refractivity contribution in [2.45, 2.75) is 12.7 Å². The van der Waals surface area contributed by atoms with Crippen molar-refractivity contribution in [3.8, 4) is 17.2 Å². The lowest BCUT2D eigenvalue weighted by Gasteiger charge is -2.13. The number of alkyl halides is 3. The average Bonchev–Trinajstić information content (AvgIpc) is 3.11. The van der Waals surface area contributed by atoms with Crippen LogP contribution in [0.25, 0.3) is 17.0 Å². The van der Waals surface area contributed by atoms with Crippen LogP contribution in [0, 0.1) is 0 Å². The molecule has 164 valence electrons. The number of hydrogen-bond acceptors (Lipinski definition) is 4. The molecule has 0 bridgehead atoms.